The maximum absolute atomic E-state index is 13.1. The molecule has 4 heteroatoms. The number of allylic oxidation sites excluding steroid dienone is 2. The third-order valence-corrected chi connectivity index (χ3v) is 5.05. The van der Waals surface area contributed by atoms with Gasteiger partial charge in [0.2, 0.25) is 0 Å². The van der Waals surface area contributed by atoms with Crippen LogP contribution >= 0.6 is 0 Å². The fourth-order valence-corrected chi connectivity index (χ4v) is 3.52. The summed E-state index contributed by atoms with van der Waals surface area (Å²) in [6, 6.07) is 6.97. The fourth-order valence-electron chi connectivity index (χ4n) is 3.52. The molecule has 0 bridgehead atoms. The van der Waals surface area contributed by atoms with E-state index in [-0.39, 0.29) is 5.82 Å². The highest BCUT2D eigenvalue weighted by Crippen LogP contribution is 2.28. The van der Waals surface area contributed by atoms with Gasteiger partial charge in [-0.25, -0.2) is 9.37 Å². The van der Waals surface area contributed by atoms with Crippen molar-refractivity contribution in [2.75, 3.05) is 13.1 Å². The average Bonchev–Trinajstić information content (AvgIpc) is 2.88. The molecule has 1 fully saturated rings. The number of halogens is 1. The maximum atomic E-state index is 13.1. The van der Waals surface area contributed by atoms with Crippen molar-refractivity contribution in [1.82, 2.24) is 14.5 Å². The van der Waals surface area contributed by atoms with Crippen molar-refractivity contribution in [3.63, 3.8) is 0 Å². The number of aromatic nitrogens is 2. The molecule has 0 atom stereocenters. The standard InChI is InChI=1S/C21H26FN3/c1-4-5-6-20-16(2)23-21(24(20)3)15-25-13-11-18(12-14-25)17-7-9-19(22)10-8-17/h4-10,18H,2,11-15H2,1,3H3/b5-4-,20-6+. The minimum Gasteiger partial charge on any atom is -0.330 e. The Hall–Kier alpha value is -2.20. The molecule has 0 saturated carbocycles. The Morgan fingerprint density at radius 2 is 1.92 bits per heavy atom. The highest BCUT2D eigenvalue weighted by Gasteiger charge is 2.21. The van der Waals surface area contributed by atoms with E-state index in [4.69, 9.17) is 0 Å². The Morgan fingerprint density at radius 3 is 2.56 bits per heavy atom. The monoisotopic (exact) mass is 339 g/mol. The van der Waals surface area contributed by atoms with Crippen molar-refractivity contribution in [2.45, 2.75) is 32.2 Å². The molecule has 2 aromatic rings. The molecule has 1 aromatic heterocycles. The van der Waals surface area contributed by atoms with Gasteiger partial charge in [-0.2, -0.15) is 0 Å². The number of benzene rings is 1. The Bertz CT molecular complexity index is 841. The lowest BCUT2D eigenvalue weighted by Crippen LogP contribution is -2.33. The number of nitrogens with zero attached hydrogens (tertiary/aromatic N) is 3. The summed E-state index contributed by atoms with van der Waals surface area (Å²) >= 11 is 0. The van der Waals surface area contributed by atoms with E-state index in [2.05, 4.69) is 34.2 Å². The van der Waals surface area contributed by atoms with Crippen molar-refractivity contribution in [3.8, 4) is 0 Å². The molecule has 3 rings (SSSR count). The van der Waals surface area contributed by atoms with Crippen molar-refractivity contribution >= 4 is 12.7 Å². The van der Waals surface area contributed by atoms with Crippen molar-refractivity contribution in [3.05, 3.63) is 64.3 Å². The van der Waals surface area contributed by atoms with Gasteiger partial charge in [0.1, 0.15) is 11.6 Å². The molecule has 0 unspecified atom stereocenters. The van der Waals surface area contributed by atoms with Crippen LogP contribution in [0.3, 0.4) is 0 Å². The number of likely N-dealkylation sites (tertiary alicyclic amines) is 1. The van der Waals surface area contributed by atoms with E-state index >= 15 is 0 Å². The van der Waals surface area contributed by atoms with Gasteiger partial charge in [0.25, 0.3) is 0 Å². The normalized spacial score (nSPS) is 17.6. The van der Waals surface area contributed by atoms with Crippen LogP contribution in [0.5, 0.6) is 0 Å². The van der Waals surface area contributed by atoms with Crippen LogP contribution in [0.4, 0.5) is 4.39 Å². The first kappa shape index (κ1) is 17.6. The van der Waals surface area contributed by atoms with E-state index in [1.165, 1.54) is 5.56 Å². The lowest BCUT2D eigenvalue weighted by atomic mass is 9.89. The van der Waals surface area contributed by atoms with Crippen LogP contribution in [0.1, 0.15) is 37.1 Å². The van der Waals surface area contributed by atoms with E-state index in [9.17, 15) is 4.39 Å². The molecule has 1 aromatic carbocycles. The van der Waals surface area contributed by atoms with Gasteiger partial charge in [-0.15, -0.1) is 0 Å². The van der Waals surface area contributed by atoms with Crippen LogP contribution in [0.25, 0.3) is 12.7 Å². The molecule has 0 spiro atoms. The van der Waals surface area contributed by atoms with Crippen LogP contribution in [0, 0.1) is 5.82 Å². The summed E-state index contributed by atoms with van der Waals surface area (Å²) in [5, 5.41) is 1.89. The Labute approximate surface area is 148 Å². The quantitative estimate of drug-likeness (QED) is 0.854. The number of imidazole rings is 1. The predicted octanol–water partition coefficient (Wildman–Crippen LogP) is 2.71. The van der Waals surface area contributed by atoms with Gasteiger partial charge in [0.15, 0.2) is 0 Å². The smallest absolute Gasteiger partial charge is 0.123 e. The van der Waals surface area contributed by atoms with Crippen LogP contribution < -0.4 is 10.7 Å². The Balaban J connectivity index is 1.65. The maximum Gasteiger partial charge on any atom is 0.123 e. The number of rotatable bonds is 4. The van der Waals surface area contributed by atoms with E-state index in [0.29, 0.717) is 5.92 Å². The summed E-state index contributed by atoms with van der Waals surface area (Å²) in [6.45, 7) is 8.98. The second kappa shape index (κ2) is 7.79. The molecule has 25 heavy (non-hydrogen) atoms. The SMILES string of the molecule is C=c1nc(CN2CCC(c3ccc(F)cc3)CC2)n(C)/c1=C/C=C\C. The van der Waals surface area contributed by atoms with Gasteiger partial charge in [-0.1, -0.05) is 30.9 Å². The zero-order chi connectivity index (χ0) is 17.8. The summed E-state index contributed by atoms with van der Waals surface area (Å²) in [7, 11) is 2.05. The molecule has 132 valence electrons. The minimum atomic E-state index is -0.162. The Kier molecular flexibility index (Phi) is 5.49. The highest BCUT2D eigenvalue weighted by molar-refractivity contribution is 5.34. The predicted molar refractivity (Wildman–Crippen MR) is 101 cm³/mol. The zero-order valence-electron chi connectivity index (χ0n) is 15.1. The van der Waals surface area contributed by atoms with E-state index in [0.717, 1.165) is 49.0 Å². The molecule has 1 aliphatic rings. The first-order chi connectivity index (χ1) is 12.1. The van der Waals surface area contributed by atoms with Crippen molar-refractivity contribution in [2.24, 2.45) is 7.05 Å². The van der Waals surface area contributed by atoms with E-state index in [1.807, 2.05) is 31.2 Å². The average molecular weight is 339 g/mol. The summed E-state index contributed by atoms with van der Waals surface area (Å²) in [6.07, 6.45) is 8.28. The summed E-state index contributed by atoms with van der Waals surface area (Å²) < 4.78 is 15.2. The fraction of sp³-hybridized carbons (Fsp3) is 0.381. The lowest BCUT2D eigenvalue weighted by molar-refractivity contribution is 0.198. The van der Waals surface area contributed by atoms with Crippen molar-refractivity contribution < 1.29 is 4.39 Å². The molecule has 2 heterocycles. The molecule has 1 saturated heterocycles. The van der Waals surface area contributed by atoms with Crippen LogP contribution in [-0.2, 0) is 13.6 Å². The van der Waals surface area contributed by atoms with Gasteiger partial charge in [-0.05, 0) is 62.5 Å². The Morgan fingerprint density at radius 1 is 1.24 bits per heavy atom. The van der Waals surface area contributed by atoms with Gasteiger partial charge < -0.3 is 4.57 Å². The highest BCUT2D eigenvalue weighted by atomic mass is 19.1. The van der Waals surface area contributed by atoms with Gasteiger partial charge in [0.05, 0.1) is 17.2 Å². The molecule has 1 aliphatic heterocycles. The first-order valence-electron chi connectivity index (χ1n) is 8.90. The summed E-state index contributed by atoms with van der Waals surface area (Å²) in [5.41, 5.74) is 1.25. The third-order valence-electron chi connectivity index (χ3n) is 5.05. The van der Waals surface area contributed by atoms with Gasteiger partial charge in [-0.3, -0.25) is 4.90 Å². The molecule has 0 aliphatic carbocycles. The van der Waals surface area contributed by atoms with Crippen LogP contribution in [-0.4, -0.2) is 27.5 Å². The second-order valence-corrected chi connectivity index (χ2v) is 6.71. The number of hydrogen-bond acceptors (Lipinski definition) is 2. The molecule has 0 N–H and O–H groups in total. The molecule has 0 radical (unpaired) electrons. The van der Waals surface area contributed by atoms with E-state index in [1.54, 1.807) is 12.1 Å². The van der Waals surface area contributed by atoms with Crippen molar-refractivity contribution in [1.29, 1.82) is 0 Å². The molecular weight excluding hydrogens is 313 g/mol. The number of piperidine rings is 1. The summed E-state index contributed by atoms with van der Waals surface area (Å²) in [4.78, 5) is 7.09. The topological polar surface area (TPSA) is 21.1 Å². The van der Waals surface area contributed by atoms with E-state index < -0.39 is 0 Å². The molecule has 0 amide bonds. The molecular formula is C21H26FN3. The minimum absolute atomic E-state index is 0.162. The van der Waals surface area contributed by atoms with Crippen LogP contribution in [0.15, 0.2) is 36.4 Å². The number of hydrogen-bond donors (Lipinski definition) is 0. The largest absolute Gasteiger partial charge is 0.330 e. The van der Waals surface area contributed by atoms with Gasteiger partial charge >= 0.3 is 0 Å². The summed E-state index contributed by atoms with van der Waals surface area (Å²) in [5.74, 6) is 1.42. The third kappa shape index (κ3) is 4.07. The lowest BCUT2D eigenvalue weighted by Gasteiger charge is -2.31. The molecule has 3 nitrogen and oxygen atoms in total. The first-order valence-corrected chi connectivity index (χ1v) is 8.90. The van der Waals surface area contributed by atoms with Crippen LogP contribution in [0.2, 0.25) is 0 Å². The second-order valence-electron chi connectivity index (χ2n) is 6.71. The zero-order valence-corrected chi connectivity index (χ0v) is 15.1. The van der Waals surface area contributed by atoms with Gasteiger partial charge in [0, 0.05) is 7.05 Å².